The van der Waals surface area contributed by atoms with Crippen molar-refractivity contribution in [2.24, 2.45) is 0 Å². The number of anilines is 1. The third-order valence-corrected chi connectivity index (χ3v) is 4.82. The van der Waals surface area contributed by atoms with Crippen LogP contribution >= 0.6 is 24.0 Å². The van der Waals surface area contributed by atoms with Gasteiger partial charge in [0.25, 0.3) is 5.91 Å². The fraction of sp³-hybridized carbons (Fsp3) is 0.125. The lowest BCUT2D eigenvalue weighted by molar-refractivity contribution is -0.113. The molecule has 0 aliphatic carbocycles. The zero-order valence-corrected chi connectivity index (χ0v) is 13.3. The van der Waals surface area contributed by atoms with Gasteiger partial charge >= 0.3 is 0 Å². The van der Waals surface area contributed by atoms with Crippen LogP contribution in [0.25, 0.3) is 6.08 Å². The highest BCUT2D eigenvalue weighted by molar-refractivity contribution is 8.27. The van der Waals surface area contributed by atoms with E-state index in [0.29, 0.717) is 9.23 Å². The van der Waals surface area contributed by atoms with Gasteiger partial charge in [0.05, 0.1) is 10.6 Å². The van der Waals surface area contributed by atoms with Gasteiger partial charge in [-0.15, -0.1) is 0 Å². The average Bonchev–Trinajstić information content (AvgIpc) is 3.04. The predicted molar refractivity (Wildman–Crippen MR) is 92.4 cm³/mol. The number of amides is 1. The molecule has 21 heavy (non-hydrogen) atoms. The molecule has 0 saturated carbocycles. The maximum atomic E-state index is 12.6. The van der Waals surface area contributed by atoms with E-state index in [1.54, 1.807) is 4.90 Å². The first-order valence-electron chi connectivity index (χ1n) is 6.55. The molecule has 1 aliphatic rings. The molecule has 5 heteroatoms. The Balaban J connectivity index is 2.00. The van der Waals surface area contributed by atoms with E-state index >= 15 is 0 Å². The molecule has 106 valence electrons. The Labute approximate surface area is 133 Å². The van der Waals surface area contributed by atoms with Gasteiger partial charge in [0, 0.05) is 11.9 Å². The van der Waals surface area contributed by atoms with Gasteiger partial charge in [-0.1, -0.05) is 36.1 Å². The number of aromatic nitrogens is 1. The topological polar surface area (TPSA) is 36.1 Å². The number of aromatic amines is 1. The molecule has 0 spiro atoms. The second kappa shape index (κ2) is 5.50. The number of nitrogens with zero attached hydrogens (tertiary/aromatic N) is 1. The molecule has 2 aromatic rings. The van der Waals surface area contributed by atoms with E-state index < -0.39 is 0 Å². The van der Waals surface area contributed by atoms with Crippen LogP contribution in [0.3, 0.4) is 0 Å². The Kier molecular flexibility index (Phi) is 3.69. The van der Waals surface area contributed by atoms with Gasteiger partial charge in [0.2, 0.25) is 0 Å². The van der Waals surface area contributed by atoms with Crippen molar-refractivity contribution in [2.75, 3.05) is 4.90 Å². The molecule has 3 rings (SSSR count). The van der Waals surface area contributed by atoms with E-state index in [1.165, 1.54) is 11.8 Å². The van der Waals surface area contributed by atoms with Crippen LogP contribution < -0.4 is 4.90 Å². The van der Waals surface area contributed by atoms with Crippen LogP contribution in [0.2, 0.25) is 0 Å². The van der Waals surface area contributed by atoms with E-state index in [0.717, 1.165) is 22.5 Å². The lowest BCUT2D eigenvalue weighted by atomic mass is 10.1. The Bertz CT molecular complexity index is 748. The molecule has 1 amide bonds. The third-order valence-electron chi connectivity index (χ3n) is 3.52. The molecule has 2 heterocycles. The second-order valence-corrected chi connectivity index (χ2v) is 6.54. The van der Waals surface area contributed by atoms with Crippen molar-refractivity contribution >= 4 is 46.0 Å². The minimum Gasteiger partial charge on any atom is -0.362 e. The average molecular weight is 314 g/mol. The van der Waals surface area contributed by atoms with E-state index in [-0.39, 0.29) is 5.91 Å². The normalized spacial score (nSPS) is 17.0. The standard InChI is InChI=1S/C16H14N2OS2/c1-10-5-3-7-13(11(10)2)18-15(19)14(21-16(18)20)9-12-6-4-8-17-12/h3-9,17H,1-2H3/b14-9+. The lowest BCUT2D eigenvalue weighted by Gasteiger charge is -2.18. The molecule has 1 saturated heterocycles. The molecule has 0 unspecified atom stereocenters. The number of hydrogen-bond acceptors (Lipinski definition) is 3. The van der Waals surface area contributed by atoms with Gasteiger partial charge < -0.3 is 4.98 Å². The zero-order chi connectivity index (χ0) is 15.0. The summed E-state index contributed by atoms with van der Waals surface area (Å²) in [6.45, 7) is 4.04. The lowest BCUT2D eigenvalue weighted by Crippen LogP contribution is -2.28. The monoisotopic (exact) mass is 314 g/mol. The molecular weight excluding hydrogens is 300 g/mol. The Hall–Kier alpha value is -1.85. The molecule has 0 radical (unpaired) electrons. The largest absolute Gasteiger partial charge is 0.362 e. The number of thioether (sulfide) groups is 1. The molecule has 3 nitrogen and oxygen atoms in total. The minimum absolute atomic E-state index is 0.0618. The van der Waals surface area contributed by atoms with E-state index in [1.807, 2.05) is 56.5 Å². The van der Waals surface area contributed by atoms with Crippen molar-refractivity contribution in [2.45, 2.75) is 13.8 Å². The first kappa shape index (κ1) is 14.1. The summed E-state index contributed by atoms with van der Waals surface area (Å²) < 4.78 is 0.575. The Morgan fingerprint density at radius 3 is 2.76 bits per heavy atom. The van der Waals surface area contributed by atoms with Crippen molar-refractivity contribution in [1.29, 1.82) is 0 Å². The van der Waals surface area contributed by atoms with E-state index in [4.69, 9.17) is 12.2 Å². The summed E-state index contributed by atoms with van der Waals surface area (Å²) in [5.74, 6) is -0.0618. The van der Waals surface area contributed by atoms with E-state index in [9.17, 15) is 4.79 Å². The van der Waals surface area contributed by atoms with Gasteiger partial charge in [-0.3, -0.25) is 9.69 Å². The molecule has 1 fully saturated rings. The van der Waals surface area contributed by atoms with Crippen molar-refractivity contribution in [3.8, 4) is 0 Å². The molecule has 0 bridgehead atoms. The summed E-state index contributed by atoms with van der Waals surface area (Å²) in [5.41, 5.74) is 3.99. The first-order valence-corrected chi connectivity index (χ1v) is 7.78. The number of H-pyrrole nitrogens is 1. The number of carbonyl (C=O) groups is 1. The SMILES string of the molecule is Cc1cccc(N2C(=O)/C(=C\c3ccc[nH]3)SC2=S)c1C. The number of aryl methyl sites for hydroxylation is 1. The Morgan fingerprint density at radius 2 is 2.05 bits per heavy atom. The van der Waals surface area contributed by atoms with Crippen LogP contribution in [0.1, 0.15) is 16.8 Å². The molecule has 0 atom stereocenters. The number of rotatable bonds is 2. The summed E-state index contributed by atoms with van der Waals surface area (Å²) >= 11 is 6.73. The van der Waals surface area contributed by atoms with Gasteiger partial charge in [-0.25, -0.2) is 0 Å². The van der Waals surface area contributed by atoms with Crippen molar-refractivity contribution in [1.82, 2.24) is 4.98 Å². The molecule has 1 aliphatic heterocycles. The predicted octanol–water partition coefficient (Wildman–Crippen LogP) is 4.04. The molecular formula is C16H14N2OS2. The summed E-state index contributed by atoms with van der Waals surface area (Å²) in [6, 6.07) is 9.74. The van der Waals surface area contributed by atoms with Crippen LogP contribution in [-0.4, -0.2) is 15.2 Å². The smallest absolute Gasteiger partial charge is 0.270 e. The summed E-state index contributed by atoms with van der Waals surface area (Å²) in [7, 11) is 0. The van der Waals surface area contributed by atoms with Crippen molar-refractivity contribution < 1.29 is 4.79 Å². The highest BCUT2D eigenvalue weighted by Crippen LogP contribution is 2.37. The van der Waals surface area contributed by atoms with Crippen LogP contribution in [0, 0.1) is 13.8 Å². The zero-order valence-electron chi connectivity index (χ0n) is 11.7. The molecule has 1 aromatic heterocycles. The van der Waals surface area contributed by atoms with E-state index in [2.05, 4.69) is 4.98 Å². The van der Waals surface area contributed by atoms with Crippen LogP contribution in [0.5, 0.6) is 0 Å². The maximum Gasteiger partial charge on any atom is 0.270 e. The highest BCUT2D eigenvalue weighted by atomic mass is 32.2. The van der Waals surface area contributed by atoms with Crippen LogP contribution in [-0.2, 0) is 4.79 Å². The first-order chi connectivity index (χ1) is 10.1. The third kappa shape index (κ3) is 2.54. The summed E-state index contributed by atoms with van der Waals surface area (Å²) in [5, 5.41) is 0. The van der Waals surface area contributed by atoms with Gasteiger partial charge in [0.15, 0.2) is 4.32 Å². The van der Waals surface area contributed by atoms with Gasteiger partial charge in [-0.05, 0) is 49.2 Å². The fourth-order valence-corrected chi connectivity index (χ4v) is 3.50. The number of thiocarbonyl (C=S) groups is 1. The minimum atomic E-state index is -0.0618. The van der Waals surface area contributed by atoms with Gasteiger partial charge in [-0.2, -0.15) is 0 Å². The fourth-order valence-electron chi connectivity index (χ4n) is 2.23. The molecule has 1 N–H and O–H groups in total. The highest BCUT2D eigenvalue weighted by Gasteiger charge is 2.34. The van der Waals surface area contributed by atoms with Crippen LogP contribution in [0.4, 0.5) is 5.69 Å². The van der Waals surface area contributed by atoms with Crippen LogP contribution in [0.15, 0.2) is 41.4 Å². The molecule has 1 aromatic carbocycles. The number of nitrogens with one attached hydrogen (secondary N) is 1. The summed E-state index contributed by atoms with van der Waals surface area (Å²) in [6.07, 6.45) is 3.67. The van der Waals surface area contributed by atoms with Crippen molar-refractivity contribution in [3.63, 3.8) is 0 Å². The number of carbonyl (C=O) groups excluding carboxylic acids is 1. The number of benzene rings is 1. The quantitative estimate of drug-likeness (QED) is 0.671. The Morgan fingerprint density at radius 1 is 1.24 bits per heavy atom. The second-order valence-electron chi connectivity index (χ2n) is 4.86. The maximum absolute atomic E-state index is 12.6. The van der Waals surface area contributed by atoms with Crippen molar-refractivity contribution in [3.05, 3.63) is 58.3 Å². The number of hydrogen-bond donors (Lipinski definition) is 1. The summed E-state index contributed by atoms with van der Waals surface area (Å²) in [4.78, 5) is 18.0. The van der Waals surface area contributed by atoms with Gasteiger partial charge in [0.1, 0.15) is 0 Å².